The zero-order chi connectivity index (χ0) is 18.5. The van der Waals surface area contributed by atoms with Crippen molar-refractivity contribution in [1.29, 1.82) is 0 Å². The summed E-state index contributed by atoms with van der Waals surface area (Å²) in [5.74, 6) is -0.376. The van der Waals surface area contributed by atoms with E-state index in [9.17, 15) is 9.59 Å². The summed E-state index contributed by atoms with van der Waals surface area (Å²) in [6.45, 7) is 1.77. The Labute approximate surface area is 149 Å². The molecule has 0 aliphatic rings. The molecule has 0 saturated carbocycles. The molecule has 134 valence electrons. The van der Waals surface area contributed by atoms with Gasteiger partial charge in [-0.15, -0.1) is 0 Å². The highest BCUT2D eigenvalue weighted by Crippen LogP contribution is 2.31. The van der Waals surface area contributed by atoms with Crippen LogP contribution >= 0.6 is 0 Å². The van der Waals surface area contributed by atoms with Crippen molar-refractivity contribution >= 4 is 5.97 Å². The molecule has 3 rings (SSSR count). The summed E-state index contributed by atoms with van der Waals surface area (Å²) in [5.41, 5.74) is 1.64. The number of carbonyl (C=O) groups excluding carboxylic acids is 1. The number of carbonyl (C=O) groups is 1. The van der Waals surface area contributed by atoms with Gasteiger partial charge in [-0.25, -0.2) is 9.97 Å². The molecule has 0 amide bonds. The van der Waals surface area contributed by atoms with Gasteiger partial charge in [0, 0.05) is 29.6 Å². The first-order valence-electron chi connectivity index (χ1n) is 7.97. The number of nitrogens with zero attached hydrogens (tertiary/aromatic N) is 2. The number of aromatic amines is 2. The lowest BCUT2D eigenvalue weighted by molar-refractivity contribution is -0.140. The summed E-state index contributed by atoms with van der Waals surface area (Å²) in [6.07, 6.45) is 3.19. The van der Waals surface area contributed by atoms with E-state index in [-0.39, 0.29) is 18.0 Å². The van der Waals surface area contributed by atoms with Gasteiger partial charge >= 0.3 is 12.0 Å². The lowest BCUT2D eigenvalue weighted by Crippen LogP contribution is -2.17. The van der Waals surface area contributed by atoms with Crippen LogP contribution in [0.25, 0.3) is 0 Å². The third kappa shape index (κ3) is 3.80. The van der Waals surface area contributed by atoms with Gasteiger partial charge in [-0.1, -0.05) is 12.1 Å². The van der Waals surface area contributed by atoms with Gasteiger partial charge in [0.2, 0.25) is 0 Å². The smallest absolute Gasteiger partial charge is 0.321 e. The molecule has 0 radical (unpaired) electrons. The topological polar surface area (TPSA) is 110 Å². The lowest BCUT2D eigenvalue weighted by atomic mass is 9.88. The van der Waals surface area contributed by atoms with Gasteiger partial charge in [0.1, 0.15) is 5.75 Å². The number of aryl methyl sites for hydroxylation is 1. The molecule has 3 aromatic rings. The molecule has 0 unspecified atom stereocenters. The van der Waals surface area contributed by atoms with Crippen LogP contribution in [0.15, 0.2) is 47.5 Å². The molecule has 0 saturated heterocycles. The molecule has 2 aromatic heterocycles. The van der Waals surface area contributed by atoms with Crippen LogP contribution in [-0.2, 0) is 9.53 Å². The third-order valence-corrected chi connectivity index (χ3v) is 3.97. The van der Waals surface area contributed by atoms with Crippen molar-refractivity contribution in [3.63, 3.8) is 0 Å². The summed E-state index contributed by atoms with van der Waals surface area (Å²) in [5, 5.41) is 5.34. The minimum atomic E-state index is -0.474. The van der Waals surface area contributed by atoms with Crippen LogP contribution in [0.2, 0.25) is 0 Å². The highest BCUT2D eigenvalue weighted by atomic mass is 16.5. The minimum Gasteiger partial charge on any atom is -0.469 e. The fourth-order valence-electron chi connectivity index (χ4n) is 2.75. The van der Waals surface area contributed by atoms with Gasteiger partial charge in [-0.2, -0.15) is 0 Å². The van der Waals surface area contributed by atoms with Crippen molar-refractivity contribution in [2.45, 2.75) is 19.3 Å². The molecular formula is C18H18N4O4. The average molecular weight is 354 g/mol. The van der Waals surface area contributed by atoms with Gasteiger partial charge in [-0.05, 0) is 30.7 Å². The SMILES string of the molecule is COC(=O)C[C@H](c1cccc(Oc2ncccn2)c1)c1c(C)[nH][nH]c1=O. The maximum atomic E-state index is 12.2. The van der Waals surface area contributed by atoms with Crippen molar-refractivity contribution in [3.8, 4) is 11.8 Å². The van der Waals surface area contributed by atoms with Gasteiger partial charge in [0.15, 0.2) is 0 Å². The molecule has 26 heavy (non-hydrogen) atoms. The predicted molar refractivity (Wildman–Crippen MR) is 93.2 cm³/mol. The first-order valence-corrected chi connectivity index (χ1v) is 7.97. The molecular weight excluding hydrogens is 336 g/mol. The van der Waals surface area contributed by atoms with Crippen molar-refractivity contribution in [1.82, 2.24) is 20.2 Å². The number of hydrogen-bond donors (Lipinski definition) is 2. The Hall–Kier alpha value is -3.42. The van der Waals surface area contributed by atoms with Crippen molar-refractivity contribution in [3.05, 3.63) is 69.9 Å². The number of esters is 1. The largest absolute Gasteiger partial charge is 0.469 e. The van der Waals surface area contributed by atoms with Crippen LogP contribution in [-0.4, -0.2) is 33.2 Å². The Morgan fingerprint density at radius 2 is 1.96 bits per heavy atom. The molecule has 2 N–H and O–H groups in total. The Kier molecular flexibility index (Phi) is 5.12. The van der Waals surface area contributed by atoms with Gasteiger partial charge in [-0.3, -0.25) is 14.7 Å². The van der Waals surface area contributed by atoms with Crippen LogP contribution in [0, 0.1) is 6.92 Å². The lowest BCUT2D eigenvalue weighted by Gasteiger charge is -2.16. The summed E-state index contributed by atoms with van der Waals surface area (Å²) in [4.78, 5) is 32.1. The molecule has 0 aliphatic carbocycles. The molecule has 0 bridgehead atoms. The summed E-state index contributed by atoms with van der Waals surface area (Å²) >= 11 is 0. The van der Waals surface area contributed by atoms with E-state index in [0.29, 0.717) is 17.0 Å². The first kappa shape index (κ1) is 17.4. The minimum absolute atomic E-state index is 0.0313. The molecule has 0 fully saturated rings. The predicted octanol–water partition coefficient (Wildman–Crippen LogP) is 2.29. The first-order chi connectivity index (χ1) is 12.6. The van der Waals surface area contributed by atoms with Crippen LogP contribution < -0.4 is 10.3 Å². The van der Waals surface area contributed by atoms with Crippen LogP contribution in [0.3, 0.4) is 0 Å². The van der Waals surface area contributed by atoms with Gasteiger partial charge in [0.05, 0.1) is 13.5 Å². The van der Waals surface area contributed by atoms with E-state index in [4.69, 9.17) is 9.47 Å². The molecule has 1 atom stereocenters. The van der Waals surface area contributed by atoms with E-state index in [1.807, 2.05) is 6.07 Å². The van der Waals surface area contributed by atoms with E-state index >= 15 is 0 Å². The number of methoxy groups -OCH3 is 1. The fraction of sp³-hybridized carbons (Fsp3) is 0.222. The van der Waals surface area contributed by atoms with E-state index in [2.05, 4.69) is 20.2 Å². The summed E-state index contributed by atoms with van der Waals surface area (Å²) in [6, 6.07) is 9.03. The molecule has 8 nitrogen and oxygen atoms in total. The number of aromatic nitrogens is 4. The zero-order valence-corrected chi connectivity index (χ0v) is 14.4. The quantitative estimate of drug-likeness (QED) is 0.657. The second-order valence-corrected chi connectivity index (χ2v) is 5.66. The highest BCUT2D eigenvalue weighted by molar-refractivity contribution is 5.71. The molecule has 0 aliphatic heterocycles. The van der Waals surface area contributed by atoms with E-state index in [1.165, 1.54) is 7.11 Å². The summed E-state index contributed by atoms with van der Waals surface area (Å²) in [7, 11) is 1.32. The van der Waals surface area contributed by atoms with Crippen molar-refractivity contribution < 1.29 is 14.3 Å². The highest BCUT2D eigenvalue weighted by Gasteiger charge is 2.25. The van der Waals surface area contributed by atoms with E-state index in [1.54, 1.807) is 43.6 Å². The van der Waals surface area contributed by atoms with Gasteiger partial charge in [0.25, 0.3) is 5.56 Å². The molecule has 1 aromatic carbocycles. The number of nitrogens with one attached hydrogen (secondary N) is 2. The van der Waals surface area contributed by atoms with Crippen molar-refractivity contribution in [2.24, 2.45) is 0 Å². The van der Waals surface area contributed by atoms with Crippen LogP contribution in [0.4, 0.5) is 0 Å². The monoisotopic (exact) mass is 354 g/mol. The molecule has 8 heteroatoms. The fourth-order valence-corrected chi connectivity index (χ4v) is 2.75. The molecule has 0 spiro atoms. The normalized spacial score (nSPS) is 11.8. The van der Waals surface area contributed by atoms with Crippen molar-refractivity contribution in [2.75, 3.05) is 7.11 Å². The molecule has 2 heterocycles. The zero-order valence-electron chi connectivity index (χ0n) is 14.4. The Bertz CT molecular complexity index is 949. The Morgan fingerprint density at radius 3 is 2.62 bits per heavy atom. The standard InChI is InChI=1S/C18H18N4O4/c1-11-16(17(24)22-21-11)14(10-15(23)25-2)12-5-3-6-13(9-12)26-18-19-7-4-8-20-18/h3-9,14H,10H2,1-2H3,(H2,21,22,24)/t14-/m1/s1. The number of H-pyrrole nitrogens is 2. The number of benzene rings is 1. The van der Waals surface area contributed by atoms with Gasteiger partial charge < -0.3 is 14.6 Å². The second kappa shape index (κ2) is 7.64. The second-order valence-electron chi connectivity index (χ2n) is 5.66. The number of ether oxygens (including phenoxy) is 2. The maximum absolute atomic E-state index is 12.2. The number of hydrogen-bond acceptors (Lipinski definition) is 6. The number of rotatable bonds is 6. The van der Waals surface area contributed by atoms with E-state index in [0.717, 1.165) is 5.56 Å². The third-order valence-electron chi connectivity index (χ3n) is 3.97. The Morgan fingerprint density at radius 1 is 1.19 bits per heavy atom. The van der Waals surface area contributed by atoms with Crippen LogP contribution in [0.5, 0.6) is 11.8 Å². The maximum Gasteiger partial charge on any atom is 0.321 e. The average Bonchev–Trinajstić information content (AvgIpc) is 2.99. The van der Waals surface area contributed by atoms with E-state index < -0.39 is 11.9 Å². The Balaban J connectivity index is 1.97. The summed E-state index contributed by atoms with van der Waals surface area (Å²) < 4.78 is 10.4. The van der Waals surface area contributed by atoms with Crippen LogP contribution in [0.1, 0.15) is 29.2 Å².